The molecule has 4 nitrogen and oxygen atoms in total. The van der Waals surface area contributed by atoms with Crippen LogP contribution < -0.4 is 0 Å². The number of aliphatic hydroxyl groups is 1. The summed E-state index contributed by atoms with van der Waals surface area (Å²) in [6, 6.07) is 0. The minimum atomic E-state index is -1.18. The van der Waals surface area contributed by atoms with E-state index < -0.39 is 17.3 Å². The summed E-state index contributed by atoms with van der Waals surface area (Å²) >= 11 is 0. The molecule has 0 spiro atoms. The van der Waals surface area contributed by atoms with Gasteiger partial charge in [0.15, 0.2) is 0 Å². The van der Waals surface area contributed by atoms with Crippen LogP contribution in [0.5, 0.6) is 0 Å². The van der Waals surface area contributed by atoms with Crippen molar-refractivity contribution in [3.8, 4) is 12.3 Å². The summed E-state index contributed by atoms with van der Waals surface area (Å²) in [6.45, 7) is 5.99. The molecule has 84 valence electrons. The highest BCUT2D eigenvalue weighted by Gasteiger charge is 2.38. The lowest BCUT2D eigenvalue weighted by molar-refractivity contribution is 0.0239. The SMILES string of the molecule is C#CC1(O)CCN(C(=O)OC(C)(C)C)C1. The molecule has 0 aromatic carbocycles. The molecule has 0 aromatic rings. The molecular formula is C11H17NO3. The average Bonchev–Trinajstić information content (AvgIpc) is 2.46. The molecule has 1 aliphatic heterocycles. The number of nitrogens with zero attached hydrogens (tertiary/aromatic N) is 1. The number of likely N-dealkylation sites (tertiary alicyclic amines) is 1. The summed E-state index contributed by atoms with van der Waals surface area (Å²) in [5.74, 6) is 2.29. The number of hydrogen-bond donors (Lipinski definition) is 1. The van der Waals surface area contributed by atoms with Gasteiger partial charge in [-0.2, -0.15) is 0 Å². The number of ether oxygens (including phenoxy) is 1. The van der Waals surface area contributed by atoms with Gasteiger partial charge in [-0.3, -0.25) is 0 Å². The molecular weight excluding hydrogens is 194 g/mol. The van der Waals surface area contributed by atoms with Gasteiger partial charge in [0.1, 0.15) is 11.2 Å². The summed E-state index contributed by atoms with van der Waals surface area (Å²) in [5.41, 5.74) is -1.70. The Labute approximate surface area is 90.2 Å². The summed E-state index contributed by atoms with van der Waals surface area (Å²) in [6.07, 6.45) is 5.16. The quantitative estimate of drug-likeness (QED) is 0.608. The fraction of sp³-hybridized carbons (Fsp3) is 0.727. The van der Waals surface area contributed by atoms with Gasteiger partial charge >= 0.3 is 6.09 Å². The third-order valence-corrected chi connectivity index (χ3v) is 2.17. The third-order valence-electron chi connectivity index (χ3n) is 2.17. The van der Waals surface area contributed by atoms with E-state index in [-0.39, 0.29) is 6.54 Å². The fourth-order valence-electron chi connectivity index (χ4n) is 1.39. The molecule has 0 radical (unpaired) electrons. The van der Waals surface area contributed by atoms with Gasteiger partial charge in [0, 0.05) is 13.0 Å². The Morgan fingerprint density at radius 1 is 1.60 bits per heavy atom. The van der Waals surface area contributed by atoms with Gasteiger partial charge in [0.2, 0.25) is 0 Å². The van der Waals surface area contributed by atoms with Gasteiger partial charge in [0.25, 0.3) is 0 Å². The highest BCUT2D eigenvalue weighted by atomic mass is 16.6. The number of terminal acetylenes is 1. The van der Waals surface area contributed by atoms with Gasteiger partial charge < -0.3 is 14.7 Å². The molecule has 1 aliphatic rings. The molecule has 0 saturated carbocycles. The lowest BCUT2D eigenvalue weighted by Crippen LogP contribution is -2.38. The van der Waals surface area contributed by atoms with Gasteiger partial charge in [-0.1, -0.05) is 5.92 Å². The summed E-state index contributed by atoms with van der Waals surface area (Å²) in [4.78, 5) is 13.0. The Kier molecular flexibility index (Phi) is 2.96. The van der Waals surface area contributed by atoms with Crippen molar-refractivity contribution in [2.75, 3.05) is 13.1 Å². The molecule has 1 amide bonds. The van der Waals surface area contributed by atoms with Crippen LogP contribution in [0, 0.1) is 12.3 Å². The first kappa shape index (κ1) is 11.9. The zero-order chi connectivity index (χ0) is 11.7. The first-order chi connectivity index (χ1) is 6.76. The van der Waals surface area contributed by atoms with Crippen LogP contribution in [0.15, 0.2) is 0 Å². The van der Waals surface area contributed by atoms with Gasteiger partial charge in [0.05, 0.1) is 6.54 Å². The van der Waals surface area contributed by atoms with Crippen LogP contribution in [-0.4, -0.2) is 40.4 Å². The predicted octanol–water partition coefficient (Wildman–Crippen LogP) is 0.992. The number of rotatable bonds is 0. The van der Waals surface area contributed by atoms with Crippen LogP contribution >= 0.6 is 0 Å². The Hall–Kier alpha value is -1.21. The second-order valence-electron chi connectivity index (χ2n) is 4.83. The minimum absolute atomic E-state index is 0.151. The highest BCUT2D eigenvalue weighted by Crippen LogP contribution is 2.22. The largest absolute Gasteiger partial charge is 0.444 e. The normalized spacial score (nSPS) is 26.2. The summed E-state index contributed by atoms with van der Waals surface area (Å²) in [7, 11) is 0. The van der Waals surface area contributed by atoms with Gasteiger partial charge in [-0.15, -0.1) is 6.42 Å². The van der Waals surface area contributed by atoms with Crippen LogP contribution in [0.4, 0.5) is 4.79 Å². The lowest BCUT2D eigenvalue weighted by Gasteiger charge is -2.24. The maximum atomic E-state index is 11.6. The van der Waals surface area contributed by atoms with Crippen molar-refractivity contribution in [1.82, 2.24) is 4.90 Å². The zero-order valence-electron chi connectivity index (χ0n) is 9.41. The summed E-state index contributed by atoms with van der Waals surface area (Å²) in [5, 5.41) is 9.73. The van der Waals surface area contributed by atoms with Crippen LogP contribution in [0.1, 0.15) is 27.2 Å². The molecule has 0 bridgehead atoms. The maximum Gasteiger partial charge on any atom is 0.410 e. The Bertz CT molecular complexity index is 300. The first-order valence-corrected chi connectivity index (χ1v) is 4.94. The van der Waals surface area contributed by atoms with E-state index in [0.717, 1.165) is 0 Å². The number of carbonyl (C=O) groups is 1. The second-order valence-corrected chi connectivity index (χ2v) is 4.83. The topological polar surface area (TPSA) is 49.8 Å². The number of carbonyl (C=O) groups excluding carboxylic acids is 1. The van der Waals surface area contributed by atoms with Crippen molar-refractivity contribution in [2.24, 2.45) is 0 Å². The molecule has 1 saturated heterocycles. The van der Waals surface area contributed by atoms with Gasteiger partial charge in [-0.25, -0.2) is 4.79 Å². The molecule has 0 aromatic heterocycles. The van der Waals surface area contributed by atoms with E-state index in [0.29, 0.717) is 13.0 Å². The average molecular weight is 211 g/mol. The summed E-state index contributed by atoms with van der Waals surface area (Å²) < 4.78 is 5.17. The molecule has 1 unspecified atom stereocenters. The molecule has 1 atom stereocenters. The molecule has 4 heteroatoms. The fourth-order valence-corrected chi connectivity index (χ4v) is 1.39. The first-order valence-electron chi connectivity index (χ1n) is 4.94. The molecule has 0 aliphatic carbocycles. The van der Waals surface area contributed by atoms with Crippen molar-refractivity contribution >= 4 is 6.09 Å². The van der Waals surface area contributed by atoms with E-state index in [1.807, 2.05) is 0 Å². The minimum Gasteiger partial charge on any atom is -0.444 e. The molecule has 15 heavy (non-hydrogen) atoms. The van der Waals surface area contributed by atoms with E-state index in [4.69, 9.17) is 11.2 Å². The zero-order valence-corrected chi connectivity index (χ0v) is 9.41. The van der Waals surface area contributed by atoms with Gasteiger partial charge in [-0.05, 0) is 20.8 Å². The highest BCUT2D eigenvalue weighted by molar-refractivity contribution is 5.68. The molecule has 1 rings (SSSR count). The van der Waals surface area contributed by atoms with Crippen molar-refractivity contribution in [3.05, 3.63) is 0 Å². The molecule has 1 N–H and O–H groups in total. The van der Waals surface area contributed by atoms with E-state index in [9.17, 15) is 9.90 Å². The van der Waals surface area contributed by atoms with Crippen molar-refractivity contribution in [2.45, 2.75) is 38.4 Å². The third kappa shape index (κ3) is 3.14. The molecule has 1 heterocycles. The van der Waals surface area contributed by atoms with Crippen LogP contribution in [0.2, 0.25) is 0 Å². The number of amides is 1. The second kappa shape index (κ2) is 3.74. The van der Waals surface area contributed by atoms with Crippen molar-refractivity contribution in [3.63, 3.8) is 0 Å². The van der Waals surface area contributed by atoms with Crippen LogP contribution in [-0.2, 0) is 4.74 Å². The smallest absolute Gasteiger partial charge is 0.410 e. The molecule has 1 fully saturated rings. The monoisotopic (exact) mass is 211 g/mol. The number of β-amino-alcohol motifs (C(OH)–C–C–N with tert-alkyl or cyclic N) is 1. The van der Waals surface area contributed by atoms with E-state index >= 15 is 0 Å². The Morgan fingerprint density at radius 3 is 2.60 bits per heavy atom. The predicted molar refractivity (Wildman–Crippen MR) is 56.2 cm³/mol. The lowest BCUT2D eigenvalue weighted by atomic mass is 10.1. The Morgan fingerprint density at radius 2 is 2.20 bits per heavy atom. The maximum absolute atomic E-state index is 11.6. The number of hydrogen-bond acceptors (Lipinski definition) is 3. The standard InChI is InChI=1S/C11H17NO3/c1-5-11(14)6-7-12(8-11)9(13)15-10(2,3)4/h1,14H,6-8H2,2-4H3. The van der Waals surface area contributed by atoms with Crippen molar-refractivity contribution < 1.29 is 14.6 Å². The van der Waals surface area contributed by atoms with E-state index in [2.05, 4.69) is 5.92 Å². The van der Waals surface area contributed by atoms with Crippen LogP contribution in [0.3, 0.4) is 0 Å². The Balaban J connectivity index is 2.56. The van der Waals surface area contributed by atoms with Crippen molar-refractivity contribution in [1.29, 1.82) is 0 Å². The van der Waals surface area contributed by atoms with Crippen LogP contribution in [0.25, 0.3) is 0 Å². The van der Waals surface area contributed by atoms with E-state index in [1.54, 1.807) is 20.8 Å². The van der Waals surface area contributed by atoms with E-state index in [1.165, 1.54) is 4.90 Å².